The SMILES string of the molecule is CN[C@@H](C)C(=O)N[C@H](C(=O)N1C[C@H](F)C[C@H]1C)C1CCCCC1. The molecule has 1 saturated heterocycles. The van der Waals surface area contributed by atoms with E-state index in [0.717, 1.165) is 25.7 Å². The van der Waals surface area contributed by atoms with Crippen molar-refractivity contribution in [3.8, 4) is 0 Å². The van der Waals surface area contributed by atoms with Crippen LogP contribution in [-0.4, -0.2) is 54.6 Å². The molecule has 2 amide bonds. The van der Waals surface area contributed by atoms with Gasteiger partial charge in [0.2, 0.25) is 11.8 Å². The molecule has 1 aliphatic heterocycles. The molecule has 1 heterocycles. The average Bonchev–Trinajstić information content (AvgIpc) is 2.90. The second-order valence-corrected chi connectivity index (χ2v) is 7.07. The van der Waals surface area contributed by atoms with Gasteiger partial charge in [0.1, 0.15) is 12.2 Å². The zero-order valence-electron chi connectivity index (χ0n) is 14.5. The molecule has 1 saturated carbocycles. The molecule has 2 aliphatic rings. The van der Waals surface area contributed by atoms with Gasteiger partial charge in [-0.15, -0.1) is 0 Å². The van der Waals surface area contributed by atoms with Crippen molar-refractivity contribution in [2.45, 2.75) is 76.7 Å². The lowest BCUT2D eigenvalue weighted by Gasteiger charge is -2.34. The van der Waals surface area contributed by atoms with E-state index in [1.807, 2.05) is 6.92 Å². The summed E-state index contributed by atoms with van der Waals surface area (Å²) in [6, 6.07) is -0.965. The minimum absolute atomic E-state index is 0.0952. The summed E-state index contributed by atoms with van der Waals surface area (Å²) in [4.78, 5) is 26.9. The molecule has 0 aromatic rings. The molecule has 4 atom stereocenters. The van der Waals surface area contributed by atoms with Crippen molar-refractivity contribution < 1.29 is 14.0 Å². The van der Waals surface area contributed by atoms with E-state index in [1.165, 1.54) is 6.42 Å². The largest absolute Gasteiger partial charge is 0.343 e. The van der Waals surface area contributed by atoms with Gasteiger partial charge >= 0.3 is 0 Å². The van der Waals surface area contributed by atoms with Crippen LogP contribution in [0.3, 0.4) is 0 Å². The minimum Gasteiger partial charge on any atom is -0.343 e. The number of carbonyl (C=O) groups is 2. The monoisotopic (exact) mass is 327 g/mol. The van der Waals surface area contributed by atoms with E-state index in [1.54, 1.807) is 18.9 Å². The summed E-state index contributed by atoms with van der Waals surface area (Å²) in [7, 11) is 1.72. The Bertz CT molecular complexity index is 426. The second kappa shape index (κ2) is 8.08. The third-order valence-electron chi connectivity index (χ3n) is 5.32. The van der Waals surface area contributed by atoms with Crippen LogP contribution in [0.2, 0.25) is 0 Å². The molecule has 23 heavy (non-hydrogen) atoms. The first-order chi connectivity index (χ1) is 10.9. The molecule has 2 rings (SSSR count). The van der Waals surface area contributed by atoms with Crippen LogP contribution in [0.15, 0.2) is 0 Å². The maximum atomic E-state index is 13.6. The van der Waals surface area contributed by atoms with Gasteiger partial charge in [0.15, 0.2) is 0 Å². The standard InChI is InChI=1S/C17H30FN3O2/c1-11-9-14(18)10-21(11)17(23)15(13-7-5-4-6-8-13)20-16(22)12(2)19-3/h11-15,19H,4-10H2,1-3H3,(H,20,22)/t11-,12+,14-,15+/m1/s1. The smallest absolute Gasteiger partial charge is 0.245 e. The van der Waals surface area contributed by atoms with E-state index in [-0.39, 0.29) is 36.4 Å². The molecule has 2 fully saturated rings. The number of hydrogen-bond donors (Lipinski definition) is 2. The average molecular weight is 327 g/mol. The van der Waals surface area contributed by atoms with Crippen LogP contribution in [0.1, 0.15) is 52.4 Å². The quantitative estimate of drug-likeness (QED) is 0.807. The van der Waals surface area contributed by atoms with Crippen LogP contribution in [0.5, 0.6) is 0 Å². The molecule has 0 unspecified atom stereocenters. The summed E-state index contributed by atoms with van der Waals surface area (Å²) in [6.07, 6.45) is 4.71. The molecule has 132 valence electrons. The van der Waals surface area contributed by atoms with E-state index < -0.39 is 12.2 Å². The second-order valence-electron chi connectivity index (χ2n) is 7.07. The molecular weight excluding hydrogens is 297 g/mol. The Morgan fingerprint density at radius 2 is 1.87 bits per heavy atom. The molecule has 2 N–H and O–H groups in total. The fourth-order valence-electron chi connectivity index (χ4n) is 3.71. The zero-order valence-corrected chi connectivity index (χ0v) is 14.5. The number of likely N-dealkylation sites (tertiary alicyclic amines) is 1. The van der Waals surface area contributed by atoms with Crippen molar-refractivity contribution in [2.75, 3.05) is 13.6 Å². The number of amides is 2. The Balaban J connectivity index is 2.11. The predicted octanol–water partition coefficient (Wildman–Crippen LogP) is 1.62. The van der Waals surface area contributed by atoms with E-state index in [2.05, 4.69) is 10.6 Å². The zero-order chi connectivity index (χ0) is 17.0. The van der Waals surface area contributed by atoms with Crippen LogP contribution < -0.4 is 10.6 Å². The molecular formula is C17H30FN3O2. The summed E-state index contributed by atoms with van der Waals surface area (Å²) < 4.78 is 13.6. The van der Waals surface area contributed by atoms with Crippen molar-refractivity contribution in [3.05, 3.63) is 0 Å². The fourth-order valence-corrected chi connectivity index (χ4v) is 3.71. The van der Waals surface area contributed by atoms with Crippen LogP contribution in [0.4, 0.5) is 4.39 Å². The first-order valence-electron chi connectivity index (χ1n) is 8.86. The summed E-state index contributed by atoms with van der Waals surface area (Å²) in [5.74, 6) is -0.114. The number of nitrogens with zero attached hydrogens (tertiary/aromatic N) is 1. The molecule has 0 aromatic carbocycles. The fraction of sp³-hybridized carbons (Fsp3) is 0.882. The third-order valence-corrected chi connectivity index (χ3v) is 5.32. The lowest BCUT2D eigenvalue weighted by Crippen LogP contribution is -2.56. The van der Waals surface area contributed by atoms with Crippen LogP contribution in [0, 0.1) is 5.92 Å². The lowest BCUT2D eigenvalue weighted by molar-refractivity contribution is -0.139. The van der Waals surface area contributed by atoms with Crippen LogP contribution >= 0.6 is 0 Å². The van der Waals surface area contributed by atoms with Crippen LogP contribution in [0.25, 0.3) is 0 Å². The maximum absolute atomic E-state index is 13.6. The third kappa shape index (κ3) is 4.43. The van der Waals surface area contributed by atoms with E-state index in [4.69, 9.17) is 0 Å². The number of halogens is 1. The first kappa shape index (κ1) is 18.2. The highest BCUT2D eigenvalue weighted by Crippen LogP contribution is 2.29. The number of hydrogen-bond acceptors (Lipinski definition) is 3. The highest BCUT2D eigenvalue weighted by Gasteiger charge is 2.39. The Kier molecular flexibility index (Phi) is 6.39. The Morgan fingerprint density at radius 3 is 2.39 bits per heavy atom. The van der Waals surface area contributed by atoms with Crippen molar-refractivity contribution in [1.29, 1.82) is 0 Å². The molecule has 1 aliphatic carbocycles. The molecule has 0 aromatic heterocycles. The first-order valence-corrected chi connectivity index (χ1v) is 8.86. The lowest BCUT2D eigenvalue weighted by atomic mass is 9.83. The number of nitrogens with one attached hydrogen (secondary N) is 2. The highest BCUT2D eigenvalue weighted by molar-refractivity contribution is 5.90. The Hall–Kier alpha value is -1.17. The normalized spacial score (nSPS) is 28.4. The van der Waals surface area contributed by atoms with E-state index in [9.17, 15) is 14.0 Å². The van der Waals surface area contributed by atoms with E-state index in [0.29, 0.717) is 6.42 Å². The highest BCUT2D eigenvalue weighted by atomic mass is 19.1. The number of carbonyl (C=O) groups excluding carboxylic acids is 2. The summed E-state index contributed by atoms with van der Waals surface area (Å²) in [5.41, 5.74) is 0. The Labute approximate surface area is 138 Å². The van der Waals surface area contributed by atoms with E-state index >= 15 is 0 Å². The van der Waals surface area contributed by atoms with Crippen molar-refractivity contribution in [2.24, 2.45) is 5.92 Å². The van der Waals surface area contributed by atoms with Gasteiger partial charge in [-0.05, 0) is 39.7 Å². The molecule has 0 radical (unpaired) electrons. The van der Waals surface area contributed by atoms with Crippen LogP contribution in [-0.2, 0) is 9.59 Å². The predicted molar refractivity (Wildman–Crippen MR) is 87.7 cm³/mol. The summed E-state index contributed by atoms with van der Waals surface area (Å²) in [5, 5.41) is 5.83. The molecule has 0 spiro atoms. The van der Waals surface area contributed by atoms with Gasteiger partial charge < -0.3 is 15.5 Å². The van der Waals surface area contributed by atoms with Gasteiger partial charge in [0, 0.05) is 12.5 Å². The number of alkyl halides is 1. The summed E-state index contributed by atoms with van der Waals surface area (Å²) in [6.45, 7) is 3.81. The van der Waals surface area contributed by atoms with Gasteiger partial charge in [0.05, 0.1) is 12.6 Å². The number of rotatable bonds is 5. The van der Waals surface area contributed by atoms with Gasteiger partial charge in [0.25, 0.3) is 0 Å². The van der Waals surface area contributed by atoms with Gasteiger partial charge in [-0.2, -0.15) is 0 Å². The molecule has 6 heteroatoms. The minimum atomic E-state index is -0.951. The van der Waals surface area contributed by atoms with Crippen molar-refractivity contribution in [1.82, 2.24) is 15.5 Å². The van der Waals surface area contributed by atoms with Crippen molar-refractivity contribution >= 4 is 11.8 Å². The Morgan fingerprint density at radius 1 is 1.22 bits per heavy atom. The molecule has 5 nitrogen and oxygen atoms in total. The molecule has 0 bridgehead atoms. The van der Waals surface area contributed by atoms with Crippen molar-refractivity contribution in [3.63, 3.8) is 0 Å². The summed E-state index contributed by atoms with van der Waals surface area (Å²) >= 11 is 0. The maximum Gasteiger partial charge on any atom is 0.245 e. The van der Waals surface area contributed by atoms with Gasteiger partial charge in [-0.1, -0.05) is 19.3 Å². The van der Waals surface area contributed by atoms with Gasteiger partial charge in [-0.3, -0.25) is 9.59 Å². The topological polar surface area (TPSA) is 61.4 Å². The van der Waals surface area contributed by atoms with Gasteiger partial charge in [-0.25, -0.2) is 4.39 Å². The number of likely N-dealkylation sites (N-methyl/N-ethyl adjacent to an activating group) is 1.